The molecule has 1 unspecified atom stereocenters. The first-order chi connectivity index (χ1) is 15.1. The molecule has 0 spiro atoms. The molecule has 1 aromatic rings. The Morgan fingerprint density at radius 1 is 0.625 bits per heavy atom. The van der Waals surface area contributed by atoms with Gasteiger partial charge >= 0.3 is 37.7 Å². The van der Waals surface area contributed by atoms with Gasteiger partial charge in [0.25, 0.3) is 10.1 Å². The van der Waals surface area contributed by atoms with E-state index in [1.807, 2.05) is 18.2 Å². The van der Waals surface area contributed by atoms with Crippen molar-refractivity contribution in [1.29, 1.82) is 0 Å². The third kappa shape index (κ3) is 17.8. The van der Waals surface area contributed by atoms with E-state index in [4.69, 9.17) is 0 Å². The zero-order valence-corrected chi connectivity index (χ0v) is 23.8. The van der Waals surface area contributed by atoms with Crippen molar-refractivity contribution in [3.8, 4) is 0 Å². The number of rotatable bonds is 21. The summed E-state index contributed by atoms with van der Waals surface area (Å²) in [7, 11) is -4.04. The van der Waals surface area contributed by atoms with Crippen LogP contribution in [-0.4, -0.2) is 50.7 Å². The van der Waals surface area contributed by atoms with Crippen molar-refractivity contribution in [2.24, 2.45) is 0 Å². The molecule has 1 aromatic carbocycles. The first-order valence-corrected chi connectivity index (χ1v) is 14.6. The molecule has 0 bridgehead atoms. The average molecular weight is 493 g/mol. The SMILES string of the molecule is CCCCCCCCCCCCCCCCCCCCC(c1ccccc1)S(=O)(=O)O.[Ca+2]. The van der Waals surface area contributed by atoms with Gasteiger partial charge in [0.15, 0.2) is 0 Å². The maximum Gasteiger partial charge on any atom is 2.00 e. The Bertz CT molecular complexity index is 619. The molecule has 180 valence electrons. The molecule has 0 radical (unpaired) electrons. The Hall–Kier alpha value is 0.390. The van der Waals surface area contributed by atoms with Gasteiger partial charge in [-0.2, -0.15) is 8.42 Å². The maximum atomic E-state index is 11.7. The Morgan fingerprint density at radius 3 is 1.31 bits per heavy atom. The van der Waals surface area contributed by atoms with Crippen molar-refractivity contribution in [1.82, 2.24) is 0 Å². The van der Waals surface area contributed by atoms with Crippen LogP contribution >= 0.6 is 0 Å². The van der Waals surface area contributed by atoms with Gasteiger partial charge in [0, 0.05) is 0 Å². The molecule has 0 aliphatic rings. The van der Waals surface area contributed by atoms with E-state index in [-0.39, 0.29) is 37.7 Å². The fourth-order valence-corrected chi connectivity index (χ4v) is 5.35. The molecule has 0 aliphatic carbocycles. The summed E-state index contributed by atoms with van der Waals surface area (Å²) in [5, 5.41) is -0.783. The van der Waals surface area contributed by atoms with Gasteiger partial charge in [-0.25, -0.2) is 0 Å². The molecule has 0 fully saturated rings. The van der Waals surface area contributed by atoms with Crippen LogP contribution in [0.3, 0.4) is 0 Å². The van der Waals surface area contributed by atoms with Crippen LogP contribution < -0.4 is 0 Å². The minimum atomic E-state index is -4.04. The van der Waals surface area contributed by atoms with Gasteiger partial charge in [0.1, 0.15) is 5.25 Å². The minimum Gasteiger partial charge on any atom is -0.285 e. The molecule has 0 aliphatic heterocycles. The quantitative estimate of drug-likeness (QED) is 0.106. The van der Waals surface area contributed by atoms with Crippen LogP contribution in [0.15, 0.2) is 30.3 Å². The van der Waals surface area contributed by atoms with E-state index in [0.29, 0.717) is 12.0 Å². The Kier molecular flexibility index (Phi) is 22.2. The first-order valence-electron chi connectivity index (χ1n) is 13.1. The van der Waals surface area contributed by atoms with Crippen molar-refractivity contribution in [3.05, 3.63) is 35.9 Å². The van der Waals surface area contributed by atoms with Gasteiger partial charge in [-0.05, 0) is 12.0 Å². The van der Waals surface area contributed by atoms with Gasteiger partial charge < -0.3 is 0 Å². The minimum absolute atomic E-state index is 0. The number of hydrogen-bond donors (Lipinski definition) is 1. The molecule has 5 heteroatoms. The summed E-state index contributed by atoms with van der Waals surface area (Å²) < 4.78 is 32.9. The van der Waals surface area contributed by atoms with Crippen molar-refractivity contribution in [3.63, 3.8) is 0 Å². The predicted molar refractivity (Wildman–Crippen MR) is 140 cm³/mol. The van der Waals surface area contributed by atoms with E-state index in [1.54, 1.807) is 12.1 Å². The van der Waals surface area contributed by atoms with Gasteiger partial charge in [0.05, 0.1) is 0 Å². The zero-order valence-electron chi connectivity index (χ0n) is 20.8. The second-order valence-electron chi connectivity index (χ2n) is 9.21. The molecule has 0 aromatic heterocycles. The third-order valence-electron chi connectivity index (χ3n) is 6.35. The van der Waals surface area contributed by atoms with Crippen LogP contribution in [0.1, 0.15) is 140 Å². The molecule has 3 nitrogen and oxygen atoms in total. The van der Waals surface area contributed by atoms with Crippen molar-refractivity contribution >= 4 is 47.9 Å². The summed E-state index contributed by atoms with van der Waals surface area (Å²) in [5.41, 5.74) is 0.692. The first kappa shape index (κ1) is 32.4. The Balaban J connectivity index is 0.00000961. The molecule has 32 heavy (non-hydrogen) atoms. The second kappa shape index (κ2) is 21.9. The third-order valence-corrected chi connectivity index (χ3v) is 7.58. The summed E-state index contributed by atoms with van der Waals surface area (Å²) in [6.07, 6.45) is 24.2. The molecule has 1 atom stereocenters. The van der Waals surface area contributed by atoms with Crippen LogP contribution in [0.4, 0.5) is 0 Å². The molecule has 0 saturated carbocycles. The van der Waals surface area contributed by atoms with Gasteiger partial charge in [-0.1, -0.05) is 153 Å². The van der Waals surface area contributed by atoms with Crippen LogP contribution in [0.25, 0.3) is 0 Å². The zero-order chi connectivity index (χ0) is 22.6. The molecule has 0 amide bonds. The van der Waals surface area contributed by atoms with E-state index < -0.39 is 15.4 Å². The van der Waals surface area contributed by atoms with Crippen molar-refractivity contribution in [2.45, 2.75) is 134 Å². The van der Waals surface area contributed by atoms with E-state index in [2.05, 4.69) is 6.92 Å². The summed E-state index contributed by atoms with van der Waals surface area (Å²) in [5.74, 6) is 0. The van der Waals surface area contributed by atoms with E-state index >= 15 is 0 Å². The van der Waals surface area contributed by atoms with Gasteiger partial charge in [-0.3, -0.25) is 4.55 Å². The van der Waals surface area contributed by atoms with Crippen LogP contribution in [0, 0.1) is 0 Å². The molecule has 0 saturated heterocycles. The predicted octanol–water partition coefficient (Wildman–Crippen LogP) is 8.67. The monoisotopic (exact) mass is 492 g/mol. The summed E-state index contributed by atoms with van der Waals surface area (Å²) >= 11 is 0. The summed E-state index contributed by atoms with van der Waals surface area (Å²) in [6.45, 7) is 2.28. The van der Waals surface area contributed by atoms with Gasteiger partial charge in [0.2, 0.25) is 0 Å². The largest absolute Gasteiger partial charge is 2.00 e. The average Bonchev–Trinajstić information content (AvgIpc) is 2.75. The molecule has 1 rings (SSSR count). The molecule has 1 N–H and O–H groups in total. The summed E-state index contributed by atoms with van der Waals surface area (Å²) in [6, 6.07) is 9.08. The molecular formula is C27H48CaO3S+2. The number of benzene rings is 1. The second-order valence-corrected chi connectivity index (χ2v) is 10.8. The van der Waals surface area contributed by atoms with Crippen molar-refractivity contribution < 1.29 is 13.0 Å². The molecular weight excluding hydrogens is 444 g/mol. The van der Waals surface area contributed by atoms with Crippen LogP contribution in [0.5, 0.6) is 0 Å². The van der Waals surface area contributed by atoms with E-state index in [0.717, 1.165) is 19.3 Å². The number of unbranched alkanes of at least 4 members (excludes halogenated alkanes) is 17. The summed E-state index contributed by atoms with van der Waals surface area (Å²) in [4.78, 5) is 0. The van der Waals surface area contributed by atoms with E-state index in [9.17, 15) is 13.0 Å². The van der Waals surface area contributed by atoms with Crippen molar-refractivity contribution in [2.75, 3.05) is 0 Å². The van der Waals surface area contributed by atoms with Gasteiger partial charge in [-0.15, -0.1) is 0 Å². The fraction of sp³-hybridized carbons (Fsp3) is 0.778. The smallest absolute Gasteiger partial charge is 0.285 e. The van der Waals surface area contributed by atoms with Crippen LogP contribution in [-0.2, 0) is 10.1 Å². The Labute approximate surface area is 229 Å². The Morgan fingerprint density at radius 2 is 0.969 bits per heavy atom. The normalized spacial score (nSPS) is 12.4. The molecule has 0 heterocycles. The topological polar surface area (TPSA) is 54.4 Å². The van der Waals surface area contributed by atoms with Crippen LogP contribution in [0.2, 0.25) is 0 Å². The maximum absolute atomic E-state index is 11.7. The standard InChI is InChI=1S/C27H48O3S.Ca/c1-2-3-4-5-6-7-8-9-10-11-12-13-14-15-16-17-18-22-25-27(31(28,29)30)26-23-20-19-21-24-26;/h19-21,23-24,27H,2-18,22,25H2,1H3,(H,28,29,30);/q;+2. The number of hydrogen-bond acceptors (Lipinski definition) is 2. The van der Waals surface area contributed by atoms with E-state index in [1.165, 1.54) is 96.3 Å². The fourth-order valence-electron chi connectivity index (χ4n) is 4.39.